The summed E-state index contributed by atoms with van der Waals surface area (Å²) in [6, 6.07) is 8.18. The zero-order valence-corrected chi connectivity index (χ0v) is 20.8. The summed E-state index contributed by atoms with van der Waals surface area (Å²) >= 11 is 0. The van der Waals surface area contributed by atoms with Gasteiger partial charge in [-0.25, -0.2) is 4.39 Å². The van der Waals surface area contributed by atoms with Gasteiger partial charge in [-0.05, 0) is 75.2 Å². The Hall–Kier alpha value is -3.76. The fourth-order valence-corrected chi connectivity index (χ4v) is 2.93. The predicted molar refractivity (Wildman–Crippen MR) is 135 cm³/mol. The number of carbonyl (C=O) groups is 2. The van der Waals surface area contributed by atoms with Crippen LogP contribution < -0.4 is 16.8 Å². The number of nitrogens with one attached hydrogen (secondary N) is 1. The molecule has 3 rings (SSSR count). The molecule has 3 aromatic rings. The van der Waals surface area contributed by atoms with Gasteiger partial charge in [0.2, 0.25) is 0 Å². The Morgan fingerprint density at radius 2 is 1.89 bits per heavy atom. The van der Waals surface area contributed by atoms with Crippen LogP contribution in [0.3, 0.4) is 0 Å². The van der Waals surface area contributed by atoms with Crippen molar-refractivity contribution in [2.45, 2.75) is 32.8 Å². The molecule has 1 aromatic carbocycles. The lowest BCUT2D eigenvalue weighted by Gasteiger charge is -2.21. The van der Waals surface area contributed by atoms with Crippen LogP contribution in [-0.2, 0) is 9.53 Å². The Bertz CT molecular complexity index is 1120. The Balaban J connectivity index is 0.000000523. The number of carbonyl (C=O) groups excluding carboxylic acids is 2. The van der Waals surface area contributed by atoms with E-state index in [1.54, 1.807) is 51.7 Å². The van der Waals surface area contributed by atoms with E-state index in [9.17, 15) is 9.18 Å². The molecule has 35 heavy (non-hydrogen) atoms. The lowest BCUT2D eigenvalue weighted by Crippen LogP contribution is -2.25. The van der Waals surface area contributed by atoms with Gasteiger partial charge in [-0.2, -0.15) is 10.2 Å². The first kappa shape index (κ1) is 29.3. The fraction of sp³-hybridized carbons (Fsp3) is 0.320. The van der Waals surface area contributed by atoms with Crippen LogP contribution in [0.15, 0.2) is 42.7 Å². The molecule has 0 saturated heterocycles. The number of nitrogen functional groups attached to an aromatic ring is 1. The zero-order valence-electron chi connectivity index (χ0n) is 20.8. The molecule has 10 heteroatoms. The molecule has 2 heterocycles. The third kappa shape index (κ3) is 8.51. The molecule has 0 aliphatic heterocycles. The highest BCUT2D eigenvalue weighted by Crippen LogP contribution is 2.28. The van der Waals surface area contributed by atoms with E-state index >= 15 is 0 Å². The van der Waals surface area contributed by atoms with Gasteiger partial charge >= 0.3 is 0 Å². The van der Waals surface area contributed by atoms with Gasteiger partial charge in [0.25, 0.3) is 5.91 Å². The third-order valence-electron chi connectivity index (χ3n) is 5.13. The average molecular weight is 485 g/mol. The standard InChI is InChI=1S/C18H16FN5O.C6H15NO.CH2O/c1-10-5-14(19)15(20)8-13(10)16-7-12(9-23-24-16)11-3-4-22-17(6-11)18(25)21-2;1-6(2,8-3)4-5-7;1-2/h3-9H,20H2,1-2H3,(H,21,25);4-5,7H2,1-3H3;1H2. The van der Waals surface area contributed by atoms with Crippen molar-refractivity contribution in [3.8, 4) is 22.4 Å². The molecular formula is C25H33FN6O3. The van der Waals surface area contributed by atoms with E-state index in [2.05, 4.69) is 20.5 Å². The van der Waals surface area contributed by atoms with E-state index in [1.807, 2.05) is 26.7 Å². The van der Waals surface area contributed by atoms with Crippen molar-refractivity contribution in [1.82, 2.24) is 20.5 Å². The van der Waals surface area contributed by atoms with Crippen LogP contribution in [0.25, 0.3) is 22.4 Å². The summed E-state index contributed by atoms with van der Waals surface area (Å²) in [5.74, 6) is -0.735. The topological polar surface area (TPSA) is 146 Å². The van der Waals surface area contributed by atoms with Crippen molar-refractivity contribution in [3.05, 3.63) is 59.8 Å². The third-order valence-corrected chi connectivity index (χ3v) is 5.13. The first-order chi connectivity index (χ1) is 16.6. The molecule has 0 saturated carbocycles. The van der Waals surface area contributed by atoms with Gasteiger partial charge in [0.15, 0.2) is 0 Å². The Labute approximate surface area is 205 Å². The molecule has 1 amide bonds. The van der Waals surface area contributed by atoms with Crippen molar-refractivity contribution in [3.63, 3.8) is 0 Å². The monoisotopic (exact) mass is 484 g/mol. The zero-order chi connectivity index (χ0) is 26.6. The minimum Gasteiger partial charge on any atom is -0.396 e. The maximum atomic E-state index is 13.6. The molecule has 188 valence electrons. The normalized spacial score (nSPS) is 10.4. The average Bonchev–Trinajstić information content (AvgIpc) is 2.87. The number of rotatable bonds is 6. The maximum absolute atomic E-state index is 13.6. The number of nitrogens with two attached hydrogens (primary N) is 2. The van der Waals surface area contributed by atoms with Gasteiger partial charge in [-0.3, -0.25) is 9.78 Å². The molecule has 0 aliphatic carbocycles. The number of nitrogens with zero attached hydrogens (tertiary/aromatic N) is 3. The summed E-state index contributed by atoms with van der Waals surface area (Å²) in [5.41, 5.74) is 14.8. The summed E-state index contributed by atoms with van der Waals surface area (Å²) in [4.78, 5) is 23.8. The molecule has 0 bridgehead atoms. The molecule has 9 nitrogen and oxygen atoms in total. The molecule has 0 unspecified atom stereocenters. The van der Waals surface area contributed by atoms with Crippen LogP contribution in [0, 0.1) is 12.7 Å². The second kappa shape index (κ2) is 13.8. The predicted octanol–water partition coefficient (Wildman–Crippen LogP) is 3.17. The smallest absolute Gasteiger partial charge is 0.269 e. The quantitative estimate of drug-likeness (QED) is 0.452. The second-order valence-corrected chi connectivity index (χ2v) is 8.03. The van der Waals surface area contributed by atoms with Gasteiger partial charge in [0.1, 0.15) is 18.3 Å². The number of amides is 1. The number of aromatic nitrogens is 3. The lowest BCUT2D eigenvalue weighted by molar-refractivity contribution is -0.0980. The highest BCUT2D eigenvalue weighted by Gasteiger charge is 2.13. The summed E-state index contributed by atoms with van der Waals surface area (Å²) in [7, 11) is 3.25. The van der Waals surface area contributed by atoms with Crippen LogP contribution in [0.4, 0.5) is 10.1 Å². The van der Waals surface area contributed by atoms with Crippen molar-refractivity contribution in [2.24, 2.45) is 5.73 Å². The number of pyridine rings is 1. The van der Waals surface area contributed by atoms with E-state index in [1.165, 1.54) is 6.07 Å². The van der Waals surface area contributed by atoms with Gasteiger partial charge < -0.3 is 26.3 Å². The van der Waals surface area contributed by atoms with E-state index in [4.69, 9.17) is 21.0 Å². The number of methoxy groups -OCH3 is 1. The number of halogens is 1. The first-order valence-electron chi connectivity index (χ1n) is 10.7. The van der Waals surface area contributed by atoms with Crippen LogP contribution in [-0.4, -0.2) is 54.2 Å². The van der Waals surface area contributed by atoms with Gasteiger partial charge in [-0.1, -0.05) is 0 Å². The largest absolute Gasteiger partial charge is 0.396 e. The molecule has 0 spiro atoms. The molecular weight excluding hydrogens is 451 g/mol. The minimum atomic E-state index is -0.463. The van der Waals surface area contributed by atoms with Gasteiger partial charge in [0, 0.05) is 31.5 Å². The van der Waals surface area contributed by atoms with Crippen molar-refractivity contribution in [1.29, 1.82) is 0 Å². The van der Waals surface area contributed by atoms with Crippen LogP contribution in [0.2, 0.25) is 0 Å². The highest BCUT2D eigenvalue weighted by atomic mass is 19.1. The maximum Gasteiger partial charge on any atom is 0.269 e. The van der Waals surface area contributed by atoms with Gasteiger partial charge in [0.05, 0.1) is 23.2 Å². The van der Waals surface area contributed by atoms with E-state index in [-0.39, 0.29) is 17.2 Å². The number of hydrogen-bond acceptors (Lipinski definition) is 8. The summed E-state index contributed by atoms with van der Waals surface area (Å²) < 4.78 is 18.7. The number of aryl methyl sites for hydroxylation is 1. The van der Waals surface area contributed by atoms with Crippen LogP contribution in [0.5, 0.6) is 0 Å². The van der Waals surface area contributed by atoms with Crippen LogP contribution >= 0.6 is 0 Å². The second-order valence-electron chi connectivity index (χ2n) is 8.03. The molecule has 0 fully saturated rings. The molecule has 0 atom stereocenters. The Morgan fingerprint density at radius 3 is 2.46 bits per heavy atom. The number of hydrogen-bond donors (Lipinski definition) is 3. The minimum absolute atomic E-state index is 0.0330. The lowest BCUT2D eigenvalue weighted by atomic mass is 10.0. The van der Waals surface area contributed by atoms with Crippen LogP contribution in [0.1, 0.15) is 36.3 Å². The first-order valence-corrected chi connectivity index (χ1v) is 10.7. The van der Waals surface area contributed by atoms with E-state index < -0.39 is 5.82 Å². The van der Waals surface area contributed by atoms with E-state index in [0.29, 0.717) is 29.1 Å². The van der Waals surface area contributed by atoms with E-state index in [0.717, 1.165) is 17.5 Å². The van der Waals surface area contributed by atoms with Crippen molar-refractivity contribution in [2.75, 3.05) is 26.4 Å². The number of ether oxygens (including phenoxy) is 1. The summed E-state index contributed by atoms with van der Waals surface area (Å²) in [5, 5.41) is 10.7. The Morgan fingerprint density at radius 1 is 1.20 bits per heavy atom. The van der Waals surface area contributed by atoms with Crippen molar-refractivity contribution >= 4 is 18.4 Å². The molecule has 5 N–H and O–H groups in total. The SMILES string of the molecule is C=O.CNC(=O)c1cc(-c2cnnc(-c3cc(N)c(F)cc3C)c2)ccn1.COC(C)(C)CCN. The molecule has 0 aliphatic rings. The Kier molecular flexibility index (Phi) is 11.6. The molecule has 0 radical (unpaired) electrons. The highest BCUT2D eigenvalue weighted by molar-refractivity contribution is 5.93. The number of anilines is 1. The summed E-state index contributed by atoms with van der Waals surface area (Å²) in [6.45, 7) is 8.53. The summed E-state index contributed by atoms with van der Waals surface area (Å²) in [6.07, 6.45) is 4.07. The number of benzene rings is 1. The van der Waals surface area contributed by atoms with Gasteiger partial charge in [-0.15, -0.1) is 0 Å². The fourth-order valence-electron chi connectivity index (χ4n) is 2.93. The molecule has 2 aromatic heterocycles. The van der Waals surface area contributed by atoms with Crippen molar-refractivity contribution < 1.29 is 18.7 Å².